The van der Waals surface area contributed by atoms with E-state index < -0.39 is 22.3 Å². The van der Waals surface area contributed by atoms with E-state index in [4.69, 9.17) is 16.7 Å². The number of rotatable bonds is 5. The lowest BCUT2D eigenvalue weighted by molar-refractivity contribution is -0.182. The number of amidine groups is 1. The van der Waals surface area contributed by atoms with Crippen LogP contribution < -0.4 is 0 Å². The minimum Gasteiger partial charge on any atom is -0.249 e. The minimum atomic E-state index is -4.32. The molecular formula is C24H26ClF3N4O2S. The largest absolute Gasteiger partial charge is 0.391 e. The van der Waals surface area contributed by atoms with Crippen LogP contribution >= 0.6 is 11.6 Å². The van der Waals surface area contributed by atoms with Gasteiger partial charge in [-0.1, -0.05) is 61.0 Å². The Labute approximate surface area is 208 Å². The molecule has 1 atom stereocenters. The molecule has 0 radical (unpaired) electrons. The third kappa shape index (κ3) is 5.87. The van der Waals surface area contributed by atoms with Gasteiger partial charge in [0, 0.05) is 30.5 Å². The molecule has 0 aromatic heterocycles. The van der Waals surface area contributed by atoms with Crippen LogP contribution in [0.4, 0.5) is 13.2 Å². The van der Waals surface area contributed by atoms with E-state index in [0.29, 0.717) is 11.6 Å². The summed E-state index contributed by atoms with van der Waals surface area (Å²) < 4.78 is 70.0. The monoisotopic (exact) mass is 526 g/mol. The summed E-state index contributed by atoms with van der Waals surface area (Å²) in [6.45, 7) is 1.75. The summed E-state index contributed by atoms with van der Waals surface area (Å²) >= 11 is 6.05. The minimum absolute atomic E-state index is 0.126. The predicted octanol–water partition coefficient (Wildman–Crippen LogP) is 5.47. The molecular weight excluding hydrogens is 501 g/mol. The second kappa shape index (κ2) is 10.3. The van der Waals surface area contributed by atoms with Crippen molar-refractivity contribution < 1.29 is 21.6 Å². The molecule has 0 spiro atoms. The molecule has 188 valence electrons. The fourth-order valence-corrected chi connectivity index (χ4v) is 5.79. The van der Waals surface area contributed by atoms with E-state index in [2.05, 4.69) is 4.40 Å². The number of piperidine rings is 1. The third-order valence-electron chi connectivity index (χ3n) is 6.33. The predicted molar refractivity (Wildman–Crippen MR) is 131 cm³/mol. The van der Waals surface area contributed by atoms with E-state index in [1.807, 2.05) is 42.5 Å². The molecule has 2 aromatic rings. The van der Waals surface area contributed by atoms with Crippen LogP contribution in [0.3, 0.4) is 0 Å². The highest BCUT2D eigenvalue weighted by Gasteiger charge is 2.43. The van der Waals surface area contributed by atoms with E-state index in [0.717, 1.165) is 21.1 Å². The molecule has 2 heterocycles. The molecule has 11 heteroatoms. The first kappa shape index (κ1) is 25.7. The number of benzene rings is 2. The van der Waals surface area contributed by atoms with Crippen LogP contribution in [0.15, 0.2) is 64.1 Å². The van der Waals surface area contributed by atoms with E-state index in [-0.39, 0.29) is 44.1 Å². The molecule has 6 nitrogen and oxygen atoms in total. The summed E-state index contributed by atoms with van der Waals surface area (Å²) in [5.41, 5.74) is 2.65. The fourth-order valence-electron chi connectivity index (χ4n) is 4.39. The van der Waals surface area contributed by atoms with Crippen molar-refractivity contribution in [3.8, 4) is 0 Å². The van der Waals surface area contributed by atoms with Crippen molar-refractivity contribution in [3.05, 3.63) is 70.7 Å². The highest BCUT2D eigenvalue weighted by Crippen LogP contribution is 2.35. The molecule has 2 aliphatic heterocycles. The van der Waals surface area contributed by atoms with E-state index >= 15 is 0 Å². The maximum absolute atomic E-state index is 13.0. The molecule has 2 aliphatic rings. The van der Waals surface area contributed by atoms with Gasteiger partial charge in [-0.25, -0.2) is 5.01 Å². The smallest absolute Gasteiger partial charge is 0.249 e. The molecule has 0 saturated carbocycles. The Bertz CT molecular complexity index is 1190. The van der Waals surface area contributed by atoms with Crippen LogP contribution in [0.5, 0.6) is 0 Å². The van der Waals surface area contributed by atoms with Crippen molar-refractivity contribution in [1.82, 2.24) is 9.31 Å². The van der Waals surface area contributed by atoms with Gasteiger partial charge >= 0.3 is 16.4 Å². The maximum atomic E-state index is 13.0. The van der Waals surface area contributed by atoms with Gasteiger partial charge in [0.1, 0.15) is 5.84 Å². The molecule has 0 bridgehead atoms. The third-order valence-corrected chi connectivity index (χ3v) is 8.05. The lowest BCUT2D eigenvalue weighted by Gasteiger charge is -2.31. The van der Waals surface area contributed by atoms with E-state index in [1.54, 1.807) is 24.1 Å². The molecule has 2 aromatic carbocycles. The number of hydrogen-bond donors (Lipinski definition) is 0. The molecule has 0 amide bonds. The number of halogens is 4. The molecule has 35 heavy (non-hydrogen) atoms. The first-order valence-corrected chi connectivity index (χ1v) is 13.2. The Morgan fingerprint density at radius 1 is 1.09 bits per heavy atom. The summed E-state index contributed by atoms with van der Waals surface area (Å²) in [6, 6.07) is 17.0. The second-order valence-electron chi connectivity index (χ2n) is 8.59. The van der Waals surface area contributed by atoms with Crippen LogP contribution in [-0.4, -0.2) is 55.1 Å². The van der Waals surface area contributed by atoms with Gasteiger partial charge in [-0.05, 0) is 36.1 Å². The first-order chi connectivity index (χ1) is 16.6. The zero-order valence-corrected chi connectivity index (χ0v) is 20.7. The van der Waals surface area contributed by atoms with Crippen LogP contribution in [0.2, 0.25) is 5.02 Å². The average Bonchev–Trinajstić information content (AvgIpc) is 3.28. The molecule has 4 rings (SSSR count). The highest BCUT2D eigenvalue weighted by atomic mass is 35.5. The average molecular weight is 527 g/mol. The van der Waals surface area contributed by atoms with Gasteiger partial charge in [0.25, 0.3) is 0 Å². The fraction of sp³-hybridized carbons (Fsp3) is 0.417. The zero-order chi connectivity index (χ0) is 25.2. The number of alkyl halides is 3. The quantitative estimate of drug-likeness (QED) is 0.383. The van der Waals surface area contributed by atoms with Gasteiger partial charge < -0.3 is 0 Å². The Hall–Kier alpha value is -2.43. The number of hydrazone groups is 1. The summed E-state index contributed by atoms with van der Waals surface area (Å²) in [7, 11) is -4.15. The highest BCUT2D eigenvalue weighted by molar-refractivity contribution is 7.87. The lowest BCUT2D eigenvalue weighted by Crippen LogP contribution is -2.42. The molecule has 0 aliphatic carbocycles. The number of hydrogen-bond acceptors (Lipinski definition) is 3. The Morgan fingerprint density at radius 2 is 1.71 bits per heavy atom. The van der Waals surface area contributed by atoms with Gasteiger partial charge in [-0.15, -0.1) is 4.40 Å². The maximum Gasteiger partial charge on any atom is 0.391 e. The van der Waals surface area contributed by atoms with Crippen LogP contribution in [0.1, 0.15) is 43.2 Å². The second-order valence-corrected chi connectivity index (χ2v) is 10.6. The van der Waals surface area contributed by atoms with Crippen molar-refractivity contribution in [1.29, 1.82) is 0 Å². The SMILES string of the molecule is CC/C(=N/S(=O)(=O)N1CCC(C(F)(F)F)CC1)N1CC(c2ccccc2)C(c2ccc(Cl)cc2)=N1. The van der Waals surface area contributed by atoms with Gasteiger partial charge in [-0.3, -0.25) is 0 Å². The molecule has 1 saturated heterocycles. The normalized spacial score (nSPS) is 20.8. The van der Waals surface area contributed by atoms with Crippen molar-refractivity contribution in [3.63, 3.8) is 0 Å². The van der Waals surface area contributed by atoms with Crippen molar-refractivity contribution in [2.75, 3.05) is 19.6 Å². The zero-order valence-electron chi connectivity index (χ0n) is 19.1. The molecule has 1 unspecified atom stereocenters. The standard InChI is InChI=1S/C24H26ClF3N4O2S/c1-2-22(30-35(33,34)31-14-12-19(13-15-31)24(26,27)28)32-16-21(17-6-4-3-5-7-17)23(29-32)18-8-10-20(25)11-9-18/h3-11,19,21H,2,12-16H2,1H3/b30-22-. The summed E-state index contributed by atoms with van der Waals surface area (Å²) in [6.07, 6.45) is -4.56. The van der Waals surface area contributed by atoms with E-state index in [1.165, 1.54) is 0 Å². The van der Waals surface area contributed by atoms with Crippen molar-refractivity contribution in [2.24, 2.45) is 15.4 Å². The molecule has 0 N–H and O–H groups in total. The van der Waals surface area contributed by atoms with Gasteiger partial charge in [-0.2, -0.15) is 31.0 Å². The van der Waals surface area contributed by atoms with Crippen LogP contribution in [0, 0.1) is 5.92 Å². The number of nitrogens with zero attached hydrogens (tertiary/aromatic N) is 4. The Balaban J connectivity index is 1.61. The summed E-state index contributed by atoms with van der Waals surface area (Å²) in [5.74, 6) is -1.37. The van der Waals surface area contributed by atoms with Crippen molar-refractivity contribution in [2.45, 2.75) is 38.3 Å². The van der Waals surface area contributed by atoms with Crippen LogP contribution in [0.25, 0.3) is 0 Å². The van der Waals surface area contributed by atoms with Gasteiger partial charge in [0.15, 0.2) is 0 Å². The Morgan fingerprint density at radius 3 is 2.29 bits per heavy atom. The first-order valence-electron chi connectivity index (χ1n) is 11.4. The van der Waals surface area contributed by atoms with Crippen molar-refractivity contribution >= 4 is 33.4 Å². The Kier molecular flexibility index (Phi) is 7.54. The topological polar surface area (TPSA) is 65.3 Å². The van der Waals surface area contributed by atoms with Gasteiger partial charge in [0.05, 0.1) is 18.2 Å². The summed E-state index contributed by atoms with van der Waals surface area (Å²) in [5, 5.41) is 6.91. The lowest BCUT2D eigenvalue weighted by atomic mass is 9.91. The summed E-state index contributed by atoms with van der Waals surface area (Å²) in [4.78, 5) is 0. The molecule has 1 fully saturated rings. The van der Waals surface area contributed by atoms with Crippen LogP contribution in [-0.2, 0) is 10.2 Å². The van der Waals surface area contributed by atoms with E-state index in [9.17, 15) is 21.6 Å². The van der Waals surface area contributed by atoms with Gasteiger partial charge in [0.2, 0.25) is 0 Å².